The lowest BCUT2D eigenvalue weighted by Crippen LogP contribution is -2.39. The zero-order valence-corrected chi connectivity index (χ0v) is 13.4. The van der Waals surface area contributed by atoms with Gasteiger partial charge in [0, 0.05) is 18.5 Å². The van der Waals surface area contributed by atoms with Crippen molar-refractivity contribution in [1.29, 1.82) is 0 Å². The van der Waals surface area contributed by atoms with Gasteiger partial charge in [-0.2, -0.15) is 0 Å². The van der Waals surface area contributed by atoms with Crippen LogP contribution in [0.15, 0.2) is 0 Å². The number of fused-ring (bicyclic) bond motifs is 1. The molecule has 1 saturated carbocycles. The SMILES string of the molecule is BC1(CCC)CCCC2C(CC(=S)N2C(C)C)C1. The molecule has 1 saturated heterocycles. The summed E-state index contributed by atoms with van der Waals surface area (Å²) in [5, 5.41) is 0.580. The third kappa shape index (κ3) is 2.76. The maximum absolute atomic E-state index is 5.64. The van der Waals surface area contributed by atoms with E-state index < -0.39 is 0 Å². The Morgan fingerprint density at radius 3 is 2.83 bits per heavy atom. The number of nitrogens with zero attached hydrogens (tertiary/aromatic N) is 1. The van der Waals surface area contributed by atoms with Crippen LogP contribution in [0.1, 0.15) is 65.7 Å². The Hall–Kier alpha value is -0.0451. The normalized spacial score (nSPS) is 36.9. The van der Waals surface area contributed by atoms with Crippen molar-refractivity contribution >= 4 is 25.1 Å². The van der Waals surface area contributed by atoms with Crippen LogP contribution in [0.25, 0.3) is 0 Å². The van der Waals surface area contributed by atoms with Gasteiger partial charge in [-0.25, -0.2) is 0 Å². The first-order chi connectivity index (χ1) is 8.47. The molecule has 3 heteroatoms. The topological polar surface area (TPSA) is 3.24 Å². The molecule has 2 fully saturated rings. The van der Waals surface area contributed by atoms with Crippen LogP contribution in [0.2, 0.25) is 5.31 Å². The molecular weight excluding hydrogens is 237 g/mol. The zero-order valence-electron chi connectivity index (χ0n) is 12.5. The van der Waals surface area contributed by atoms with Gasteiger partial charge in [0.2, 0.25) is 0 Å². The van der Waals surface area contributed by atoms with Crippen molar-refractivity contribution in [2.75, 3.05) is 0 Å². The molecule has 3 unspecified atom stereocenters. The lowest BCUT2D eigenvalue weighted by atomic mass is 9.60. The second-order valence-electron chi connectivity index (χ2n) is 7.08. The van der Waals surface area contributed by atoms with Crippen LogP contribution in [0, 0.1) is 5.92 Å². The van der Waals surface area contributed by atoms with Gasteiger partial charge in [0.15, 0.2) is 0 Å². The van der Waals surface area contributed by atoms with E-state index in [4.69, 9.17) is 12.2 Å². The van der Waals surface area contributed by atoms with Gasteiger partial charge in [-0.3, -0.25) is 0 Å². The van der Waals surface area contributed by atoms with Gasteiger partial charge in [0.1, 0.15) is 7.85 Å². The van der Waals surface area contributed by atoms with Crippen molar-refractivity contribution in [2.45, 2.75) is 83.1 Å². The molecule has 0 radical (unpaired) electrons. The van der Waals surface area contributed by atoms with Gasteiger partial charge in [0.05, 0.1) is 4.99 Å². The highest BCUT2D eigenvalue weighted by Crippen LogP contribution is 2.49. The molecule has 0 N–H and O–H groups in total. The molecule has 102 valence electrons. The summed E-state index contributed by atoms with van der Waals surface area (Å²) in [6.07, 6.45) is 9.47. The lowest BCUT2D eigenvalue weighted by Gasteiger charge is -2.33. The van der Waals surface area contributed by atoms with Gasteiger partial charge in [-0.05, 0) is 32.6 Å². The van der Waals surface area contributed by atoms with Crippen molar-refractivity contribution in [2.24, 2.45) is 5.92 Å². The minimum absolute atomic E-state index is 0.580. The molecule has 0 bridgehead atoms. The number of rotatable bonds is 3. The fourth-order valence-electron chi connectivity index (χ4n) is 4.44. The third-order valence-electron chi connectivity index (χ3n) is 5.07. The highest BCUT2D eigenvalue weighted by molar-refractivity contribution is 7.80. The molecule has 0 spiro atoms. The van der Waals surface area contributed by atoms with E-state index in [9.17, 15) is 0 Å². The highest BCUT2D eigenvalue weighted by atomic mass is 32.1. The predicted molar refractivity (Wildman–Crippen MR) is 86.1 cm³/mol. The van der Waals surface area contributed by atoms with E-state index in [0.29, 0.717) is 11.4 Å². The first kappa shape index (κ1) is 14.4. The third-order valence-corrected chi connectivity index (χ3v) is 5.45. The number of thiocarbonyl (C=S) groups is 1. The molecular formula is C15H28BNS. The summed E-state index contributed by atoms with van der Waals surface area (Å²) < 4.78 is 0. The van der Waals surface area contributed by atoms with Crippen LogP contribution in [0.5, 0.6) is 0 Å². The van der Waals surface area contributed by atoms with Crippen LogP contribution >= 0.6 is 12.2 Å². The fourth-order valence-corrected chi connectivity index (χ4v) is 5.00. The Morgan fingerprint density at radius 2 is 2.22 bits per heavy atom. The smallest absolute Gasteiger partial charge is 0.109 e. The van der Waals surface area contributed by atoms with Crippen molar-refractivity contribution in [3.8, 4) is 0 Å². The Kier molecular flexibility index (Phi) is 4.41. The number of hydrogen-bond donors (Lipinski definition) is 0. The number of hydrogen-bond acceptors (Lipinski definition) is 1. The maximum atomic E-state index is 5.64. The van der Waals surface area contributed by atoms with Crippen molar-refractivity contribution in [3.63, 3.8) is 0 Å². The lowest BCUT2D eigenvalue weighted by molar-refractivity contribution is 0.223. The minimum atomic E-state index is 0.580. The predicted octanol–water partition coefficient (Wildman–Crippen LogP) is 3.58. The molecule has 18 heavy (non-hydrogen) atoms. The molecule has 3 atom stereocenters. The Bertz CT molecular complexity index is 318. The summed E-state index contributed by atoms with van der Waals surface area (Å²) >= 11 is 5.64. The van der Waals surface area contributed by atoms with Crippen molar-refractivity contribution in [1.82, 2.24) is 4.90 Å². The second-order valence-corrected chi connectivity index (χ2v) is 7.55. The van der Waals surface area contributed by atoms with E-state index in [1.807, 2.05) is 0 Å². The van der Waals surface area contributed by atoms with Crippen LogP contribution in [0.4, 0.5) is 0 Å². The first-order valence-electron chi connectivity index (χ1n) is 7.78. The molecule has 0 amide bonds. The van der Waals surface area contributed by atoms with E-state index in [0.717, 1.165) is 12.0 Å². The average molecular weight is 265 g/mol. The fraction of sp³-hybridized carbons (Fsp3) is 0.933. The summed E-state index contributed by atoms with van der Waals surface area (Å²) in [5.41, 5.74) is 0. The average Bonchev–Trinajstić information content (AvgIpc) is 2.46. The standard InChI is InChI=1S/C15H28BNS/c1-4-7-15(16)8-5-6-13-12(10-15)9-14(18)17(13)11(2)3/h11-13H,4-10,16H2,1-3H3. The Morgan fingerprint density at radius 1 is 1.50 bits per heavy atom. The minimum Gasteiger partial charge on any atom is -0.360 e. The molecule has 2 rings (SSSR count). The van der Waals surface area contributed by atoms with Gasteiger partial charge in [-0.1, -0.05) is 50.1 Å². The molecule has 0 aromatic carbocycles. The number of likely N-dealkylation sites (tertiary alicyclic amines) is 1. The molecule has 0 aromatic rings. The van der Waals surface area contributed by atoms with Crippen molar-refractivity contribution in [3.05, 3.63) is 0 Å². The van der Waals surface area contributed by atoms with E-state index in [2.05, 4.69) is 33.5 Å². The van der Waals surface area contributed by atoms with Gasteiger partial charge in [-0.15, -0.1) is 0 Å². The van der Waals surface area contributed by atoms with Gasteiger partial charge >= 0.3 is 0 Å². The highest BCUT2D eigenvalue weighted by Gasteiger charge is 2.43. The van der Waals surface area contributed by atoms with Crippen LogP contribution in [-0.4, -0.2) is 29.8 Å². The quantitative estimate of drug-likeness (QED) is 0.567. The van der Waals surface area contributed by atoms with E-state index in [1.54, 1.807) is 0 Å². The largest absolute Gasteiger partial charge is 0.360 e. The molecule has 1 aliphatic carbocycles. The summed E-state index contributed by atoms with van der Waals surface area (Å²) in [6, 6.07) is 1.33. The van der Waals surface area contributed by atoms with Crippen LogP contribution in [0.3, 0.4) is 0 Å². The molecule has 2 aliphatic rings. The monoisotopic (exact) mass is 265 g/mol. The summed E-state index contributed by atoms with van der Waals surface area (Å²) in [5.74, 6) is 0.832. The summed E-state index contributed by atoms with van der Waals surface area (Å²) in [4.78, 5) is 3.79. The van der Waals surface area contributed by atoms with Gasteiger partial charge in [0.25, 0.3) is 0 Å². The van der Waals surface area contributed by atoms with E-state index in [-0.39, 0.29) is 0 Å². The van der Waals surface area contributed by atoms with Crippen molar-refractivity contribution < 1.29 is 0 Å². The Balaban J connectivity index is 2.13. The van der Waals surface area contributed by atoms with Crippen LogP contribution < -0.4 is 0 Å². The molecule has 1 nitrogen and oxygen atoms in total. The van der Waals surface area contributed by atoms with E-state index in [1.165, 1.54) is 49.9 Å². The van der Waals surface area contributed by atoms with Gasteiger partial charge < -0.3 is 4.90 Å². The zero-order chi connectivity index (χ0) is 13.3. The molecule has 1 aliphatic heterocycles. The molecule has 1 heterocycles. The maximum Gasteiger partial charge on any atom is 0.109 e. The summed E-state index contributed by atoms with van der Waals surface area (Å²) in [7, 11) is 2.51. The Labute approximate surface area is 119 Å². The van der Waals surface area contributed by atoms with Crippen LogP contribution in [-0.2, 0) is 0 Å². The van der Waals surface area contributed by atoms with E-state index >= 15 is 0 Å². The molecule has 0 aromatic heterocycles. The first-order valence-corrected chi connectivity index (χ1v) is 8.19. The summed E-state index contributed by atoms with van der Waals surface area (Å²) in [6.45, 7) is 6.92. The second kappa shape index (κ2) is 5.52.